The molecule has 9 nitrogen and oxygen atoms in total. The molecule has 1 heterocycles. The van der Waals surface area contributed by atoms with Crippen molar-refractivity contribution in [3.63, 3.8) is 0 Å². The zero-order chi connectivity index (χ0) is 22.3. The van der Waals surface area contributed by atoms with Crippen molar-refractivity contribution in [1.82, 2.24) is 15.2 Å². The Hall–Kier alpha value is -2.98. The lowest BCUT2D eigenvalue weighted by molar-refractivity contribution is -0.116. The molecule has 0 aliphatic rings. The summed E-state index contributed by atoms with van der Waals surface area (Å²) in [6, 6.07) is 9.52. The summed E-state index contributed by atoms with van der Waals surface area (Å²) >= 11 is 5.74. The van der Waals surface area contributed by atoms with Crippen LogP contribution < -0.4 is 10.6 Å². The van der Waals surface area contributed by atoms with E-state index in [1.807, 2.05) is 0 Å². The number of halogens is 1. The van der Waals surface area contributed by atoms with Crippen LogP contribution in [0, 0.1) is 0 Å². The van der Waals surface area contributed by atoms with Crippen molar-refractivity contribution in [3.8, 4) is 0 Å². The summed E-state index contributed by atoms with van der Waals surface area (Å²) in [5.74, 6) is -0.0192. The van der Waals surface area contributed by atoms with Gasteiger partial charge in [0.05, 0.1) is 11.3 Å². The average molecular weight is 452 g/mol. The van der Waals surface area contributed by atoms with Crippen LogP contribution in [0.3, 0.4) is 0 Å². The fourth-order valence-corrected chi connectivity index (χ4v) is 3.06. The van der Waals surface area contributed by atoms with Crippen LogP contribution in [-0.4, -0.2) is 62.8 Å². The summed E-state index contributed by atoms with van der Waals surface area (Å²) in [5.41, 5.74) is 0.924. The van der Waals surface area contributed by atoms with E-state index < -0.39 is 10.0 Å². The number of hydrogen-bond donors (Lipinski definition) is 2. The molecule has 2 amide bonds. The molecule has 30 heavy (non-hydrogen) atoms. The van der Waals surface area contributed by atoms with Gasteiger partial charge < -0.3 is 15.5 Å². The first kappa shape index (κ1) is 23.3. The van der Waals surface area contributed by atoms with Gasteiger partial charge in [0, 0.05) is 44.4 Å². The van der Waals surface area contributed by atoms with E-state index in [2.05, 4.69) is 20.0 Å². The monoisotopic (exact) mass is 451 g/mol. The highest BCUT2D eigenvalue weighted by Crippen LogP contribution is 2.10. The van der Waals surface area contributed by atoms with Gasteiger partial charge in [-0.1, -0.05) is 23.7 Å². The molecule has 1 aromatic heterocycles. The molecule has 0 unspecified atom stereocenters. The van der Waals surface area contributed by atoms with Crippen molar-refractivity contribution in [2.24, 2.45) is 4.40 Å². The number of carbonyl (C=O) groups excluding carboxylic acids is 2. The minimum atomic E-state index is -3.57. The summed E-state index contributed by atoms with van der Waals surface area (Å²) < 4.78 is 26.7. The van der Waals surface area contributed by atoms with Crippen molar-refractivity contribution in [2.75, 3.05) is 32.2 Å². The molecule has 160 valence electrons. The van der Waals surface area contributed by atoms with E-state index in [0.29, 0.717) is 22.0 Å². The van der Waals surface area contributed by atoms with Gasteiger partial charge >= 0.3 is 0 Å². The molecular formula is C19H22ClN5O4S. The van der Waals surface area contributed by atoms with Crippen LogP contribution in [0.1, 0.15) is 22.3 Å². The largest absolute Gasteiger partial charge is 0.362 e. The van der Waals surface area contributed by atoms with Crippen LogP contribution in [0.15, 0.2) is 47.0 Å². The fourth-order valence-electron chi connectivity index (χ4n) is 2.37. The summed E-state index contributed by atoms with van der Waals surface area (Å²) in [7, 11) is -0.218. The van der Waals surface area contributed by atoms with E-state index >= 15 is 0 Å². The van der Waals surface area contributed by atoms with Gasteiger partial charge in [-0.2, -0.15) is 0 Å². The number of nitrogens with one attached hydrogen (secondary N) is 2. The SMILES string of the molecule is CN(C)/C(=N/S(C)(=O)=O)c1ccc(C(=O)NCCC(=O)Nc2ccc(Cl)cn2)cc1. The molecule has 0 saturated carbocycles. The molecule has 0 bridgehead atoms. The highest BCUT2D eigenvalue weighted by molar-refractivity contribution is 7.89. The summed E-state index contributed by atoms with van der Waals surface area (Å²) in [4.78, 5) is 29.7. The molecule has 2 aromatic rings. The third-order valence-corrected chi connectivity index (χ3v) is 4.44. The molecule has 0 radical (unpaired) electrons. The van der Waals surface area contributed by atoms with Crippen molar-refractivity contribution < 1.29 is 18.0 Å². The lowest BCUT2D eigenvalue weighted by Gasteiger charge is -2.15. The van der Waals surface area contributed by atoms with Crippen LogP contribution in [0.5, 0.6) is 0 Å². The number of rotatable bonds is 7. The lowest BCUT2D eigenvalue weighted by Crippen LogP contribution is -2.28. The number of aromatic nitrogens is 1. The van der Waals surface area contributed by atoms with E-state index in [1.54, 1.807) is 55.4 Å². The number of carbonyl (C=O) groups is 2. The number of amidine groups is 1. The van der Waals surface area contributed by atoms with Gasteiger partial charge in [-0.3, -0.25) is 9.59 Å². The molecule has 11 heteroatoms. The molecule has 0 fully saturated rings. The molecule has 2 N–H and O–H groups in total. The van der Waals surface area contributed by atoms with E-state index in [1.165, 1.54) is 6.20 Å². The number of amides is 2. The third-order valence-electron chi connectivity index (χ3n) is 3.71. The Bertz CT molecular complexity index is 1040. The van der Waals surface area contributed by atoms with Crippen molar-refractivity contribution in [1.29, 1.82) is 0 Å². The van der Waals surface area contributed by atoms with Crippen LogP contribution in [0.2, 0.25) is 5.02 Å². The highest BCUT2D eigenvalue weighted by Gasteiger charge is 2.12. The number of anilines is 1. The van der Waals surface area contributed by atoms with Gasteiger partial charge in [-0.25, -0.2) is 13.4 Å². The Labute approximate surface area is 180 Å². The van der Waals surface area contributed by atoms with E-state index in [4.69, 9.17) is 11.6 Å². The molecule has 0 saturated heterocycles. The summed E-state index contributed by atoms with van der Waals surface area (Å²) in [6.45, 7) is 0.137. The summed E-state index contributed by atoms with van der Waals surface area (Å²) in [5, 5.41) is 5.73. The Morgan fingerprint density at radius 1 is 1.10 bits per heavy atom. The zero-order valence-corrected chi connectivity index (χ0v) is 18.3. The van der Waals surface area contributed by atoms with Crippen LogP contribution in [-0.2, 0) is 14.8 Å². The molecule has 2 rings (SSSR count). The Kier molecular flexibility index (Phi) is 7.90. The number of pyridine rings is 1. The van der Waals surface area contributed by atoms with E-state index in [9.17, 15) is 18.0 Å². The number of benzene rings is 1. The maximum Gasteiger partial charge on any atom is 0.252 e. The minimum Gasteiger partial charge on any atom is -0.362 e. The number of sulfonamides is 1. The van der Waals surface area contributed by atoms with Gasteiger partial charge in [-0.15, -0.1) is 4.40 Å². The molecule has 0 aliphatic heterocycles. The zero-order valence-electron chi connectivity index (χ0n) is 16.7. The van der Waals surface area contributed by atoms with Gasteiger partial charge in [-0.05, 0) is 24.3 Å². The fraction of sp³-hybridized carbons (Fsp3) is 0.263. The van der Waals surface area contributed by atoms with Crippen LogP contribution in [0.4, 0.5) is 5.82 Å². The van der Waals surface area contributed by atoms with E-state index in [-0.39, 0.29) is 30.6 Å². The number of nitrogens with zero attached hydrogens (tertiary/aromatic N) is 3. The van der Waals surface area contributed by atoms with Crippen molar-refractivity contribution >= 4 is 45.1 Å². The first-order chi connectivity index (χ1) is 14.0. The maximum atomic E-state index is 12.3. The summed E-state index contributed by atoms with van der Waals surface area (Å²) in [6.07, 6.45) is 2.50. The second-order valence-corrected chi connectivity index (χ2v) is 8.62. The van der Waals surface area contributed by atoms with Gasteiger partial charge in [0.2, 0.25) is 5.91 Å². The third kappa shape index (κ3) is 7.45. The number of hydrogen-bond acceptors (Lipinski definition) is 5. The second kappa shape index (κ2) is 10.2. The first-order valence-corrected chi connectivity index (χ1v) is 11.0. The highest BCUT2D eigenvalue weighted by atomic mass is 35.5. The molecule has 1 aromatic carbocycles. The Morgan fingerprint density at radius 3 is 2.27 bits per heavy atom. The average Bonchev–Trinajstić information content (AvgIpc) is 2.67. The normalized spacial score (nSPS) is 11.7. The van der Waals surface area contributed by atoms with Crippen molar-refractivity contribution in [3.05, 3.63) is 58.7 Å². The molecule has 0 atom stereocenters. The quantitative estimate of drug-likeness (QED) is 0.488. The Morgan fingerprint density at radius 2 is 1.73 bits per heavy atom. The standard InChI is InChI=1S/C19H22ClN5O4S/c1-25(2)18(24-30(3,28)29)13-4-6-14(7-5-13)19(27)21-11-10-17(26)23-16-9-8-15(20)12-22-16/h4-9,12H,10-11H2,1-3H3,(H,21,27)(H,22,23,26)/b24-18+. The van der Waals surface area contributed by atoms with Gasteiger partial charge in [0.1, 0.15) is 11.7 Å². The molecular weight excluding hydrogens is 430 g/mol. The predicted molar refractivity (Wildman–Crippen MR) is 116 cm³/mol. The van der Waals surface area contributed by atoms with Crippen LogP contribution >= 0.6 is 11.6 Å². The van der Waals surface area contributed by atoms with Crippen LogP contribution in [0.25, 0.3) is 0 Å². The first-order valence-electron chi connectivity index (χ1n) is 8.82. The topological polar surface area (TPSA) is 121 Å². The smallest absolute Gasteiger partial charge is 0.252 e. The molecule has 0 aliphatic carbocycles. The molecule has 0 spiro atoms. The van der Waals surface area contributed by atoms with E-state index in [0.717, 1.165) is 6.26 Å². The Balaban J connectivity index is 1.92. The van der Waals surface area contributed by atoms with Gasteiger partial charge in [0.15, 0.2) is 0 Å². The lowest BCUT2D eigenvalue weighted by atomic mass is 10.1. The minimum absolute atomic E-state index is 0.0694. The van der Waals surface area contributed by atoms with Crippen molar-refractivity contribution in [2.45, 2.75) is 6.42 Å². The maximum absolute atomic E-state index is 12.3. The van der Waals surface area contributed by atoms with Gasteiger partial charge in [0.25, 0.3) is 15.9 Å². The predicted octanol–water partition coefficient (Wildman–Crippen LogP) is 1.76. The second-order valence-electron chi connectivity index (χ2n) is 6.54.